The molecule has 0 bridgehead atoms. The minimum absolute atomic E-state index is 0.258. The van der Waals surface area contributed by atoms with Crippen LogP contribution in [-0.4, -0.2) is 31.6 Å². The molecule has 0 saturated carbocycles. The third kappa shape index (κ3) is 4.38. The summed E-state index contributed by atoms with van der Waals surface area (Å²) in [4.78, 5) is 11.8. The van der Waals surface area contributed by atoms with E-state index in [1.807, 2.05) is 50.5 Å². The Hall–Kier alpha value is -2.90. The number of alkyl carbamates (subject to hydrolysis) is 1. The first-order chi connectivity index (χ1) is 12.3. The van der Waals surface area contributed by atoms with E-state index in [9.17, 15) is 4.79 Å². The standard InChI is InChI=1S/C18H23N5O3/c1-12-10-14(26-22-12)13-6-5-9-23-15(8-7-13)20-21-16(23)11-19-17(24)25-18(2,3)4/h6-8,10H,5,9,11H2,1-4H3,(H,19,24). The quantitative estimate of drug-likeness (QED) is 0.907. The zero-order chi connectivity index (χ0) is 18.7. The summed E-state index contributed by atoms with van der Waals surface area (Å²) >= 11 is 0. The van der Waals surface area contributed by atoms with Gasteiger partial charge >= 0.3 is 6.09 Å². The van der Waals surface area contributed by atoms with Crippen molar-refractivity contribution in [1.82, 2.24) is 25.2 Å². The highest BCUT2D eigenvalue weighted by Crippen LogP contribution is 2.21. The first-order valence-electron chi connectivity index (χ1n) is 8.53. The van der Waals surface area contributed by atoms with Crippen molar-refractivity contribution in [1.29, 1.82) is 0 Å². The molecule has 1 aliphatic heterocycles. The molecule has 1 aliphatic rings. The lowest BCUT2D eigenvalue weighted by Gasteiger charge is -2.19. The molecule has 0 aromatic carbocycles. The van der Waals surface area contributed by atoms with Crippen molar-refractivity contribution in [2.24, 2.45) is 0 Å². The lowest BCUT2D eigenvalue weighted by Crippen LogP contribution is -2.32. The molecule has 1 amide bonds. The van der Waals surface area contributed by atoms with Crippen molar-refractivity contribution in [3.8, 4) is 0 Å². The maximum atomic E-state index is 11.8. The third-order valence-electron chi connectivity index (χ3n) is 3.69. The Morgan fingerprint density at radius 1 is 1.35 bits per heavy atom. The highest BCUT2D eigenvalue weighted by molar-refractivity contribution is 5.75. The lowest BCUT2D eigenvalue weighted by molar-refractivity contribution is 0.0521. The van der Waals surface area contributed by atoms with Gasteiger partial charge < -0.3 is 19.1 Å². The lowest BCUT2D eigenvalue weighted by atomic mass is 10.1. The van der Waals surface area contributed by atoms with Crippen LogP contribution in [0.2, 0.25) is 0 Å². The number of aromatic nitrogens is 4. The number of aryl methyl sites for hydroxylation is 1. The van der Waals surface area contributed by atoms with Crippen LogP contribution in [0.25, 0.3) is 11.6 Å². The molecule has 8 heteroatoms. The molecule has 0 aliphatic carbocycles. The average molecular weight is 357 g/mol. The number of fused-ring (bicyclic) bond motifs is 1. The summed E-state index contributed by atoms with van der Waals surface area (Å²) in [6.07, 6.45) is 6.21. The van der Waals surface area contributed by atoms with Crippen LogP contribution >= 0.6 is 0 Å². The number of carbonyl (C=O) groups excluding carboxylic acids is 1. The van der Waals surface area contributed by atoms with Crippen LogP contribution in [-0.2, 0) is 17.8 Å². The van der Waals surface area contributed by atoms with Gasteiger partial charge in [-0.1, -0.05) is 11.2 Å². The van der Waals surface area contributed by atoms with Crippen molar-refractivity contribution < 1.29 is 14.1 Å². The number of hydrogen-bond donors (Lipinski definition) is 1. The molecular formula is C18H23N5O3. The van der Waals surface area contributed by atoms with Crippen LogP contribution in [0.5, 0.6) is 0 Å². The molecule has 26 heavy (non-hydrogen) atoms. The van der Waals surface area contributed by atoms with Crippen molar-refractivity contribution in [2.75, 3.05) is 0 Å². The number of nitrogens with one attached hydrogen (secondary N) is 1. The molecule has 2 aromatic rings. The minimum atomic E-state index is -0.535. The van der Waals surface area contributed by atoms with E-state index in [-0.39, 0.29) is 6.54 Å². The van der Waals surface area contributed by atoms with Gasteiger partial charge in [0.05, 0.1) is 12.2 Å². The maximum Gasteiger partial charge on any atom is 0.408 e. The molecule has 3 rings (SSSR count). The Kier molecular flexibility index (Phi) is 4.92. The second kappa shape index (κ2) is 7.15. The van der Waals surface area contributed by atoms with Gasteiger partial charge in [0.15, 0.2) is 17.4 Å². The second-order valence-electron chi connectivity index (χ2n) is 7.10. The molecule has 0 fully saturated rings. The molecule has 0 unspecified atom stereocenters. The largest absolute Gasteiger partial charge is 0.444 e. The number of carbonyl (C=O) groups is 1. The van der Waals surface area contributed by atoms with Gasteiger partial charge in [0, 0.05) is 18.2 Å². The van der Waals surface area contributed by atoms with Crippen LogP contribution in [0.15, 0.2) is 22.7 Å². The van der Waals surface area contributed by atoms with E-state index in [1.165, 1.54) is 0 Å². The van der Waals surface area contributed by atoms with Gasteiger partial charge in [-0.25, -0.2) is 4.79 Å². The van der Waals surface area contributed by atoms with Gasteiger partial charge in [0.25, 0.3) is 0 Å². The van der Waals surface area contributed by atoms with Crippen LogP contribution in [0.3, 0.4) is 0 Å². The molecule has 8 nitrogen and oxygen atoms in total. The fourth-order valence-electron chi connectivity index (χ4n) is 2.58. The van der Waals surface area contributed by atoms with E-state index < -0.39 is 11.7 Å². The Labute approximate surface area is 151 Å². The van der Waals surface area contributed by atoms with Gasteiger partial charge in [-0.05, 0) is 46.3 Å². The summed E-state index contributed by atoms with van der Waals surface area (Å²) in [5.74, 6) is 2.15. The zero-order valence-electron chi connectivity index (χ0n) is 15.4. The summed E-state index contributed by atoms with van der Waals surface area (Å²) in [6, 6.07) is 1.90. The van der Waals surface area contributed by atoms with Gasteiger partial charge in [-0.15, -0.1) is 10.2 Å². The fraction of sp³-hybridized carbons (Fsp3) is 0.444. The predicted octanol–water partition coefficient (Wildman–Crippen LogP) is 3.10. The predicted molar refractivity (Wildman–Crippen MR) is 96.0 cm³/mol. The monoisotopic (exact) mass is 357 g/mol. The molecular weight excluding hydrogens is 334 g/mol. The zero-order valence-corrected chi connectivity index (χ0v) is 15.4. The molecule has 2 aromatic heterocycles. The summed E-state index contributed by atoms with van der Waals surface area (Å²) in [5.41, 5.74) is 1.27. The Balaban J connectivity index is 1.69. The summed E-state index contributed by atoms with van der Waals surface area (Å²) in [5, 5.41) is 15.0. The smallest absolute Gasteiger partial charge is 0.408 e. The highest BCUT2D eigenvalue weighted by Gasteiger charge is 2.18. The van der Waals surface area contributed by atoms with E-state index in [1.54, 1.807) is 0 Å². The number of nitrogens with zero attached hydrogens (tertiary/aromatic N) is 4. The van der Waals surface area contributed by atoms with Crippen LogP contribution < -0.4 is 5.32 Å². The van der Waals surface area contributed by atoms with Crippen LogP contribution in [0, 0.1) is 6.92 Å². The summed E-state index contributed by atoms with van der Waals surface area (Å²) < 4.78 is 12.5. The van der Waals surface area contributed by atoms with Crippen molar-refractivity contribution in [3.05, 3.63) is 41.3 Å². The van der Waals surface area contributed by atoms with Gasteiger partial charge in [0.1, 0.15) is 5.60 Å². The maximum absolute atomic E-state index is 11.8. The van der Waals surface area contributed by atoms with E-state index in [0.29, 0.717) is 12.4 Å². The van der Waals surface area contributed by atoms with Crippen molar-refractivity contribution in [3.63, 3.8) is 0 Å². The van der Waals surface area contributed by atoms with E-state index in [0.717, 1.165) is 29.3 Å². The van der Waals surface area contributed by atoms with Gasteiger partial charge in [-0.2, -0.15) is 0 Å². The molecule has 0 saturated heterocycles. The summed E-state index contributed by atoms with van der Waals surface area (Å²) in [6.45, 7) is 8.32. The number of rotatable bonds is 3. The molecule has 0 radical (unpaired) electrons. The molecule has 0 atom stereocenters. The van der Waals surface area contributed by atoms with Gasteiger partial charge in [-0.3, -0.25) is 0 Å². The first kappa shape index (κ1) is 17.9. The number of ether oxygens (including phenoxy) is 1. The van der Waals surface area contributed by atoms with Crippen molar-refractivity contribution in [2.45, 2.75) is 52.8 Å². The third-order valence-corrected chi connectivity index (χ3v) is 3.69. The van der Waals surface area contributed by atoms with E-state index >= 15 is 0 Å². The fourth-order valence-corrected chi connectivity index (χ4v) is 2.58. The Bertz CT molecular complexity index is 855. The molecule has 0 spiro atoms. The topological polar surface area (TPSA) is 95.1 Å². The average Bonchev–Trinajstić information content (AvgIpc) is 3.10. The molecule has 138 valence electrons. The van der Waals surface area contributed by atoms with Crippen molar-refractivity contribution >= 4 is 17.7 Å². The normalized spacial score (nSPS) is 14.2. The van der Waals surface area contributed by atoms with Gasteiger partial charge in [0.2, 0.25) is 0 Å². The Morgan fingerprint density at radius 3 is 2.85 bits per heavy atom. The van der Waals surface area contributed by atoms with E-state index in [2.05, 4.69) is 26.7 Å². The SMILES string of the molecule is Cc1cc(C2=CCCn3c(nnc3CNC(=O)OC(C)(C)C)C=C2)on1. The first-order valence-corrected chi connectivity index (χ1v) is 8.53. The van der Waals surface area contributed by atoms with Crippen LogP contribution in [0.4, 0.5) is 4.79 Å². The summed E-state index contributed by atoms with van der Waals surface area (Å²) in [7, 11) is 0. The number of hydrogen-bond acceptors (Lipinski definition) is 6. The van der Waals surface area contributed by atoms with Crippen LogP contribution in [0.1, 0.15) is 50.3 Å². The van der Waals surface area contributed by atoms with E-state index in [4.69, 9.17) is 9.26 Å². The Morgan fingerprint density at radius 2 is 2.15 bits per heavy atom. The second-order valence-corrected chi connectivity index (χ2v) is 7.10. The highest BCUT2D eigenvalue weighted by atomic mass is 16.6. The molecule has 3 heterocycles. The number of amides is 1. The minimum Gasteiger partial charge on any atom is -0.444 e. The number of allylic oxidation sites excluding steroid dienone is 3. The molecule has 1 N–H and O–H groups in total.